The number of thiocarbonyl (C=S) groups is 1. The number of hydrogen-bond donors (Lipinski definition) is 1. The highest BCUT2D eigenvalue weighted by atomic mass is 32.1. The van der Waals surface area contributed by atoms with Crippen LogP contribution in [0.15, 0.2) is 30.3 Å². The van der Waals surface area contributed by atoms with E-state index in [0.717, 1.165) is 6.42 Å². The van der Waals surface area contributed by atoms with Crippen LogP contribution in [-0.4, -0.2) is 24.1 Å². The molecule has 0 fully saturated rings. The van der Waals surface area contributed by atoms with Crippen molar-refractivity contribution in [3.63, 3.8) is 0 Å². The molecule has 0 radical (unpaired) electrons. The van der Waals surface area contributed by atoms with Gasteiger partial charge in [0.05, 0.1) is 6.61 Å². The van der Waals surface area contributed by atoms with E-state index in [2.05, 4.69) is 5.32 Å². The van der Waals surface area contributed by atoms with E-state index in [-0.39, 0.29) is 5.91 Å². The molecule has 92 valence electrons. The molecule has 17 heavy (non-hydrogen) atoms. The molecule has 0 heterocycles. The van der Waals surface area contributed by atoms with Crippen LogP contribution in [0.25, 0.3) is 0 Å². The van der Waals surface area contributed by atoms with Crippen molar-refractivity contribution >= 4 is 23.2 Å². The normalized spacial score (nSPS) is 9.71. The summed E-state index contributed by atoms with van der Waals surface area (Å²) in [4.78, 5) is 11.6. The average Bonchev–Trinajstić information content (AvgIpc) is 2.36. The third-order valence-electron chi connectivity index (χ3n) is 2.18. The average molecular weight is 251 g/mol. The smallest absolute Gasteiger partial charge is 0.251 e. The summed E-state index contributed by atoms with van der Waals surface area (Å²) in [7, 11) is 0. The van der Waals surface area contributed by atoms with Crippen molar-refractivity contribution in [2.45, 2.75) is 19.8 Å². The largest absolute Gasteiger partial charge is 0.487 e. The summed E-state index contributed by atoms with van der Waals surface area (Å²) in [5.41, 5.74) is 0.680. The first-order valence-corrected chi connectivity index (χ1v) is 6.13. The topological polar surface area (TPSA) is 38.3 Å². The Kier molecular flexibility index (Phi) is 6.25. The molecule has 1 rings (SSSR count). The monoisotopic (exact) mass is 251 g/mol. The van der Waals surface area contributed by atoms with Gasteiger partial charge in [-0.2, -0.15) is 0 Å². The van der Waals surface area contributed by atoms with Gasteiger partial charge in [-0.15, -0.1) is 0 Å². The minimum absolute atomic E-state index is 0.0482. The number of rotatable bonds is 6. The van der Waals surface area contributed by atoms with Crippen molar-refractivity contribution in [1.29, 1.82) is 0 Å². The van der Waals surface area contributed by atoms with Gasteiger partial charge in [0.1, 0.15) is 0 Å². The molecule has 0 aromatic heterocycles. The molecule has 3 nitrogen and oxygen atoms in total. The number of nitrogens with one attached hydrogen (secondary N) is 1. The van der Waals surface area contributed by atoms with Crippen molar-refractivity contribution in [2.24, 2.45) is 0 Å². The van der Waals surface area contributed by atoms with E-state index < -0.39 is 0 Å². The molecular weight excluding hydrogens is 234 g/mol. The summed E-state index contributed by atoms with van der Waals surface area (Å²) in [6.07, 6.45) is 1.51. The summed E-state index contributed by atoms with van der Waals surface area (Å²) in [6, 6.07) is 9.16. The lowest BCUT2D eigenvalue weighted by atomic mass is 10.2. The molecule has 0 unspecified atom stereocenters. The fourth-order valence-electron chi connectivity index (χ4n) is 1.36. The lowest BCUT2D eigenvalue weighted by Crippen LogP contribution is -2.24. The molecule has 0 saturated carbocycles. The first-order chi connectivity index (χ1) is 8.24. The summed E-state index contributed by atoms with van der Waals surface area (Å²) in [5, 5.41) is 3.45. The number of ether oxygens (including phenoxy) is 1. The number of carbonyl (C=O) groups excluding carboxylic acids is 1. The predicted octanol–water partition coefficient (Wildman–Crippen LogP) is 2.56. The first kappa shape index (κ1) is 13.6. The molecule has 1 N–H and O–H groups in total. The third-order valence-corrected chi connectivity index (χ3v) is 2.51. The van der Waals surface area contributed by atoms with E-state index in [0.29, 0.717) is 30.2 Å². The minimum atomic E-state index is -0.0482. The molecule has 0 atom stereocenters. The number of benzene rings is 1. The fraction of sp³-hybridized carbons (Fsp3) is 0.385. The van der Waals surface area contributed by atoms with Gasteiger partial charge in [0.25, 0.3) is 5.91 Å². The zero-order valence-corrected chi connectivity index (χ0v) is 10.8. The predicted molar refractivity (Wildman–Crippen MR) is 72.2 cm³/mol. The van der Waals surface area contributed by atoms with Gasteiger partial charge in [0.15, 0.2) is 5.05 Å². The van der Waals surface area contributed by atoms with Crippen LogP contribution in [0.1, 0.15) is 30.1 Å². The molecule has 0 aliphatic heterocycles. The van der Waals surface area contributed by atoms with Crippen LogP contribution in [0.4, 0.5) is 0 Å². The quantitative estimate of drug-likeness (QED) is 0.624. The Balaban J connectivity index is 2.19. The highest BCUT2D eigenvalue weighted by molar-refractivity contribution is 7.80. The molecule has 1 amide bonds. The summed E-state index contributed by atoms with van der Waals surface area (Å²) in [5.74, 6) is -0.0482. The lowest BCUT2D eigenvalue weighted by molar-refractivity contribution is 0.0953. The summed E-state index contributed by atoms with van der Waals surface area (Å²) in [6.45, 7) is 3.12. The van der Waals surface area contributed by atoms with Crippen LogP contribution in [0.3, 0.4) is 0 Å². The Labute approximate surface area is 107 Å². The zero-order chi connectivity index (χ0) is 12.5. The maximum atomic E-state index is 11.6. The van der Waals surface area contributed by atoms with Gasteiger partial charge in [0.2, 0.25) is 0 Å². The highest BCUT2D eigenvalue weighted by Gasteiger charge is 2.03. The second kappa shape index (κ2) is 7.79. The van der Waals surface area contributed by atoms with Crippen LogP contribution < -0.4 is 5.32 Å². The summed E-state index contributed by atoms with van der Waals surface area (Å²) < 4.78 is 5.15. The van der Waals surface area contributed by atoms with E-state index >= 15 is 0 Å². The second-order valence-corrected chi connectivity index (χ2v) is 3.99. The summed E-state index contributed by atoms with van der Waals surface area (Å²) >= 11 is 4.99. The fourth-order valence-corrected chi connectivity index (χ4v) is 1.62. The van der Waals surface area contributed by atoms with Gasteiger partial charge in [-0.05, 0) is 37.7 Å². The molecule has 4 heteroatoms. The van der Waals surface area contributed by atoms with Crippen molar-refractivity contribution in [1.82, 2.24) is 5.32 Å². The van der Waals surface area contributed by atoms with E-state index in [1.807, 2.05) is 25.1 Å². The van der Waals surface area contributed by atoms with E-state index in [1.54, 1.807) is 12.1 Å². The van der Waals surface area contributed by atoms with E-state index in [9.17, 15) is 4.79 Å². The standard InChI is InChI=1S/C13H17NO2S/c1-2-16-12(17)9-6-10-14-13(15)11-7-4-3-5-8-11/h3-5,7-8H,2,6,9-10H2,1H3,(H,14,15). The van der Waals surface area contributed by atoms with Crippen LogP contribution in [-0.2, 0) is 4.74 Å². The Morgan fingerprint density at radius 1 is 1.35 bits per heavy atom. The van der Waals surface area contributed by atoms with Crippen LogP contribution >= 0.6 is 12.2 Å². The Bertz CT molecular complexity index is 365. The number of hydrogen-bond acceptors (Lipinski definition) is 3. The molecule has 0 saturated heterocycles. The molecule has 0 aliphatic rings. The SMILES string of the molecule is CCOC(=S)CCCNC(=O)c1ccccc1. The number of carbonyl (C=O) groups is 1. The Morgan fingerprint density at radius 2 is 2.06 bits per heavy atom. The van der Waals surface area contributed by atoms with Crippen LogP contribution in [0, 0.1) is 0 Å². The first-order valence-electron chi connectivity index (χ1n) is 5.73. The minimum Gasteiger partial charge on any atom is -0.487 e. The number of amides is 1. The van der Waals surface area contributed by atoms with Gasteiger partial charge in [-0.3, -0.25) is 4.79 Å². The molecule has 0 aliphatic carbocycles. The van der Waals surface area contributed by atoms with Gasteiger partial charge in [-0.1, -0.05) is 18.2 Å². The Morgan fingerprint density at radius 3 is 2.71 bits per heavy atom. The van der Waals surface area contributed by atoms with Crippen molar-refractivity contribution < 1.29 is 9.53 Å². The highest BCUT2D eigenvalue weighted by Crippen LogP contribution is 1.99. The van der Waals surface area contributed by atoms with Crippen LogP contribution in [0.5, 0.6) is 0 Å². The molecular formula is C13H17NO2S. The van der Waals surface area contributed by atoms with Crippen molar-refractivity contribution in [2.75, 3.05) is 13.2 Å². The lowest BCUT2D eigenvalue weighted by Gasteiger charge is -2.06. The van der Waals surface area contributed by atoms with Crippen molar-refractivity contribution in [3.8, 4) is 0 Å². The maximum Gasteiger partial charge on any atom is 0.251 e. The Hall–Kier alpha value is -1.42. The molecule has 0 spiro atoms. The second-order valence-electron chi connectivity index (χ2n) is 3.53. The van der Waals surface area contributed by atoms with E-state index in [4.69, 9.17) is 17.0 Å². The third kappa shape index (κ3) is 5.45. The molecule has 0 bridgehead atoms. The molecule has 1 aromatic rings. The van der Waals surface area contributed by atoms with E-state index in [1.165, 1.54) is 0 Å². The van der Waals surface area contributed by atoms with Gasteiger partial charge in [0, 0.05) is 18.5 Å². The zero-order valence-electron chi connectivity index (χ0n) is 9.94. The maximum absolute atomic E-state index is 11.6. The van der Waals surface area contributed by atoms with Crippen LogP contribution in [0.2, 0.25) is 0 Å². The van der Waals surface area contributed by atoms with Gasteiger partial charge >= 0.3 is 0 Å². The van der Waals surface area contributed by atoms with Gasteiger partial charge in [-0.25, -0.2) is 0 Å². The van der Waals surface area contributed by atoms with Gasteiger partial charge < -0.3 is 10.1 Å². The van der Waals surface area contributed by atoms with Crippen molar-refractivity contribution in [3.05, 3.63) is 35.9 Å². The molecule has 1 aromatic carbocycles.